The van der Waals surface area contributed by atoms with Crippen molar-refractivity contribution in [1.82, 2.24) is 9.36 Å². The van der Waals surface area contributed by atoms with E-state index in [0.717, 1.165) is 22.6 Å². The van der Waals surface area contributed by atoms with Crippen molar-refractivity contribution in [3.8, 4) is 11.4 Å². The number of nitrogens with one attached hydrogen (secondary N) is 1. The fourth-order valence-corrected chi connectivity index (χ4v) is 2.93. The number of para-hydroxylation sites is 1. The van der Waals surface area contributed by atoms with Crippen molar-refractivity contribution in [3.05, 3.63) is 76.2 Å². The monoisotopic (exact) mass is 335 g/mol. The maximum atomic E-state index is 13.1. The van der Waals surface area contributed by atoms with Crippen molar-refractivity contribution in [2.75, 3.05) is 5.32 Å². The lowest BCUT2D eigenvalue weighted by Crippen LogP contribution is -2.22. The molecule has 5 nitrogen and oxygen atoms in total. The van der Waals surface area contributed by atoms with Gasteiger partial charge in [-0.2, -0.15) is 0 Å². The molecule has 25 heavy (non-hydrogen) atoms. The quantitative estimate of drug-likeness (QED) is 0.794. The molecule has 0 radical (unpaired) electrons. The Kier molecular flexibility index (Phi) is 4.57. The van der Waals surface area contributed by atoms with Crippen LogP contribution >= 0.6 is 0 Å². The highest BCUT2D eigenvalue weighted by molar-refractivity contribution is 5.89. The van der Waals surface area contributed by atoms with Gasteiger partial charge in [0.05, 0.1) is 17.1 Å². The summed E-state index contributed by atoms with van der Waals surface area (Å²) in [6, 6.07) is 17.4. The molecule has 0 saturated carbocycles. The van der Waals surface area contributed by atoms with Gasteiger partial charge in [-0.25, -0.2) is 9.36 Å². The second-order valence-corrected chi connectivity index (χ2v) is 5.96. The summed E-state index contributed by atoms with van der Waals surface area (Å²) in [5.74, 6) is -0.256. The van der Waals surface area contributed by atoms with Gasteiger partial charge >= 0.3 is 0 Å². The topological polar surface area (TPSA) is 56.0 Å². The molecule has 2 aromatic carbocycles. The van der Waals surface area contributed by atoms with Crippen LogP contribution in [-0.2, 0) is 11.2 Å². The molecule has 1 aromatic heterocycles. The maximum absolute atomic E-state index is 13.1. The van der Waals surface area contributed by atoms with E-state index in [9.17, 15) is 9.59 Å². The first-order valence-corrected chi connectivity index (χ1v) is 8.30. The zero-order valence-electron chi connectivity index (χ0n) is 14.6. The lowest BCUT2D eigenvalue weighted by atomic mass is 10.2. The molecule has 1 heterocycles. The van der Waals surface area contributed by atoms with Gasteiger partial charge in [0.1, 0.15) is 5.69 Å². The summed E-state index contributed by atoms with van der Waals surface area (Å²) in [5.41, 5.74) is 3.61. The van der Waals surface area contributed by atoms with Gasteiger partial charge in [0, 0.05) is 6.92 Å². The molecule has 0 spiro atoms. The first-order valence-electron chi connectivity index (χ1n) is 8.30. The predicted octanol–water partition coefficient (Wildman–Crippen LogP) is 3.46. The molecule has 0 aliphatic rings. The first kappa shape index (κ1) is 16.8. The van der Waals surface area contributed by atoms with Gasteiger partial charge in [-0.15, -0.1) is 0 Å². The minimum atomic E-state index is -0.256. The third-order valence-corrected chi connectivity index (χ3v) is 4.07. The molecule has 128 valence electrons. The van der Waals surface area contributed by atoms with Crippen LogP contribution in [0.4, 0.5) is 5.69 Å². The summed E-state index contributed by atoms with van der Waals surface area (Å²) in [7, 11) is 0. The minimum Gasteiger partial charge on any atom is -0.320 e. The minimum absolute atomic E-state index is 0.236. The molecule has 0 fully saturated rings. The van der Waals surface area contributed by atoms with E-state index in [1.165, 1.54) is 6.92 Å². The van der Waals surface area contributed by atoms with Crippen LogP contribution in [0.5, 0.6) is 0 Å². The van der Waals surface area contributed by atoms with Crippen molar-refractivity contribution >= 4 is 11.6 Å². The normalized spacial score (nSPS) is 10.7. The number of aryl methyl sites for hydroxylation is 1. The van der Waals surface area contributed by atoms with E-state index < -0.39 is 0 Å². The van der Waals surface area contributed by atoms with Gasteiger partial charge in [-0.05, 0) is 37.6 Å². The number of hydrogen-bond donors (Lipinski definition) is 1. The van der Waals surface area contributed by atoms with E-state index in [2.05, 4.69) is 5.32 Å². The Labute approximate surface area is 146 Å². The Balaban J connectivity index is 2.35. The fourth-order valence-electron chi connectivity index (χ4n) is 2.93. The van der Waals surface area contributed by atoms with E-state index >= 15 is 0 Å². The van der Waals surface area contributed by atoms with Gasteiger partial charge in [0.25, 0.3) is 5.56 Å². The van der Waals surface area contributed by atoms with Crippen molar-refractivity contribution < 1.29 is 4.79 Å². The second-order valence-electron chi connectivity index (χ2n) is 5.96. The van der Waals surface area contributed by atoms with Gasteiger partial charge in [-0.3, -0.25) is 9.59 Å². The number of carbonyl (C=O) groups excluding carboxylic acids is 1. The lowest BCUT2D eigenvalue weighted by molar-refractivity contribution is -0.114. The van der Waals surface area contributed by atoms with E-state index in [1.807, 2.05) is 73.1 Å². The van der Waals surface area contributed by atoms with E-state index in [0.29, 0.717) is 12.1 Å². The van der Waals surface area contributed by atoms with Gasteiger partial charge in [0.2, 0.25) is 5.91 Å². The Morgan fingerprint density at radius 3 is 2.12 bits per heavy atom. The number of carbonyl (C=O) groups is 1. The number of rotatable bonds is 4. The largest absolute Gasteiger partial charge is 0.320 e. The van der Waals surface area contributed by atoms with Crippen molar-refractivity contribution in [2.24, 2.45) is 0 Å². The van der Waals surface area contributed by atoms with Crippen molar-refractivity contribution in [1.29, 1.82) is 0 Å². The molecule has 5 heteroatoms. The summed E-state index contributed by atoms with van der Waals surface area (Å²) < 4.78 is 3.48. The summed E-state index contributed by atoms with van der Waals surface area (Å²) in [4.78, 5) is 24.7. The molecule has 3 rings (SSSR count). The summed E-state index contributed by atoms with van der Waals surface area (Å²) in [5, 5.41) is 2.71. The highest BCUT2D eigenvalue weighted by Gasteiger charge is 2.21. The molecular formula is C20H21N3O2. The fraction of sp³-hybridized carbons (Fsp3) is 0.200. The standard InChI is InChI=1S/C20H21N3O2/c1-4-18-19(21-15(3)24)20(25)23(17-12-10-14(2)11-13-17)22(18)16-8-6-5-7-9-16/h5-13H,4H2,1-3H3,(H,21,24). The number of aromatic nitrogens is 2. The van der Waals surface area contributed by atoms with Crippen LogP contribution in [-0.4, -0.2) is 15.3 Å². The van der Waals surface area contributed by atoms with Crippen molar-refractivity contribution in [2.45, 2.75) is 27.2 Å². The molecule has 0 aliphatic heterocycles. The van der Waals surface area contributed by atoms with Crippen LogP contribution in [0.15, 0.2) is 59.4 Å². The highest BCUT2D eigenvalue weighted by Crippen LogP contribution is 2.22. The van der Waals surface area contributed by atoms with Gasteiger partial charge in [-0.1, -0.05) is 42.8 Å². The summed E-state index contributed by atoms with van der Waals surface area (Å²) in [6.07, 6.45) is 0.610. The average molecular weight is 335 g/mol. The third-order valence-electron chi connectivity index (χ3n) is 4.07. The molecular weight excluding hydrogens is 314 g/mol. The van der Waals surface area contributed by atoms with Crippen LogP contribution < -0.4 is 10.9 Å². The van der Waals surface area contributed by atoms with Crippen LogP contribution in [0.1, 0.15) is 25.1 Å². The molecule has 0 aliphatic carbocycles. The number of nitrogens with zero attached hydrogens (tertiary/aromatic N) is 2. The van der Waals surface area contributed by atoms with Crippen LogP contribution in [0, 0.1) is 6.92 Å². The van der Waals surface area contributed by atoms with Crippen LogP contribution in [0.2, 0.25) is 0 Å². The average Bonchev–Trinajstić information content (AvgIpc) is 2.88. The molecule has 0 unspecified atom stereocenters. The Morgan fingerprint density at radius 2 is 1.56 bits per heavy atom. The zero-order chi connectivity index (χ0) is 18.0. The first-order chi connectivity index (χ1) is 12.0. The molecule has 0 saturated heterocycles. The molecule has 1 amide bonds. The Hall–Kier alpha value is -3.08. The molecule has 3 aromatic rings. The number of hydrogen-bond acceptors (Lipinski definition) is 2. The second kappa shape index (κ2) is 6.81. The van der Waals surface area contributed by atoms with E-state index in [-0.39, 0.29) is 11.5 Å². The Morgan fingerprint density at radius 1 is 0.960 bits per heavy atom. The van der Waals surface area contributed by atoms with Crippen LogP contribution in [0.3, 0.4) is 0 Å². The highest BCUT2D eigenvalue weighted by atomic mass is 16.2. The van der Waals surface area contributed by atoms with E-state index in [1.54, 1.807) is 4.68 Å². The molecule has 0 atom stereocenters. The van der Waals surface area contributed by atoms with Gasteiger partial charge in [0.15, 0.2) is 0 Å². The Bertz CT molecular complexity index is 951. The SMILES string of the molecule is CCc1c(NC(C)=O)c(=O)n(-c2ccc(C)cc2)n1-c1ccccc1. The van der Waals surface area contributed by atoms with Crippen LogP contribution in [0.25, 0.3) is 11.4 Å². The maximum Gasteiger partial charge on any atom is 0.295 e. The predicted molar refractivity (Wildman–Crippen MR) is 99.8 cm³/mol. The van der Waals surface area contributed by atoms with Gasteiger partial charge < -0.3 is 5.32 Å². The number of anilines is 1. The summed E-state index contributed by atoms with van der Waals surface area (Å²) in [6.45, 7) is 5.39. The third kappa shape index (κ3) is 3.13. The smallest absolute Gasteiger partial charge is 0.295 e. The lowest BCUT2D eigenvalue weighted by Gasteiger charge is -2.14. The zero-order valence-corrected chi connectivity index (χ0v) is 14.6. The van der Waals surface area contributed by atoms with E-state index in [4.69, 9.17) is 0 Å². The molecule has 0 bridgehead atoms. The number of amides is 1. The summed E-state index contributed by atoms with van der Waals surface area (Å²) >= 11 is 0. The molecule has 1 N–H and O–H groups in total. The van der Waals surface area contributed by atoms with Crippen molar-refractivity contribution in [3.63, 3.8) is 0 Å². The number of benzene rings is 2.